The van der Waals surface area contributed by atoms with Gasteiger partial charge in [-0.2, -0.15) is 0 Å². The van der Waals surface area contributed by atoms with Crippen LogP contribution in [0, 0.1) is 11.8 Å². The summed E-state index contributed by atoms with van der Waals surface area (Å²) in [5.74, 6) is 7.50. The predicted octanol–water partition coefficient (Wildman–Crippen LogP) is 8.56. The van der Waals surface area contributed by atoms with Crippen molar-refractivity contribution in [3.05, 3.63) is 126 Å². The molecule has 0 saturated carbocycles. The third-order valence-electron chi connectivity index (χ3n) is 9.41. The van der Waals surface area contributed by atoms with Crippen molar-refractivity contribution in [1.82, 2.24) is 24.0 Å². The summed E-state index contributed by atoms with van der Waals surface area (Å²) in [5, 5.41) is 0.861. The molecule has 7 rings (SSSR count). The zero-order chi connectivity index (χ0) is 36.2. The maximum Gasteiger partial charge on any atom is 0.410 e. The first kappa shape index (κ1) is 34.7. The smallest absolute Gasteiger partial charge is 0.410 e. The lowest BCUT2D eigenvalue weighted by Crippen LogP contribution is -2.40. The van der Waals surface area contributed by atoms with Crippen LogP contribution in [0.2, 0.25) is 0 Å². The molecule has 1 amide bonds. The summed E-state index contributed by atoms with van der Waals surface area (Å²) in [7, 11) is 1.69. The molecule has 4 heterocycles. The molecule has 52 heavy (non-hydrogen) atoms. The van der Waals surface area contributed by atoms with Crippen LogP contribution in [0.25, 0.3) is 21.9 Å². The number of carbonyl (C=O) groups is 1. The van der Waals surface area contributed by atoms with E-state index in [1.54, 1.807) is 7.11 Å². The third kappa shape index (κ3) is 7.34. The molecule has 2 atom stereocenters. The van der Waals surface area contributed by atoms with Crippen molar-refractivity contribution in [2.45, 2.75) is 64.8 Å². The summed E-state index contributed by atoms with van der Waals surface area (Å²) < 4.78 is 15.7. The van der Waals surface area contributed by atoms with Crippen LogP contribution >= 0.6 is 0 Å². The van der Waals surface area contributed by atoms with Gasteiger partial charge in [0.05, 0.1) is 45.6 Å². The van der Waals surface area contributed by atoms with E-state index in [0.717, 1.165) is 62.9 Å². The van der Waals surface area contributed by atoms with Crippen molar-refractivity contribution in [3.63, 3.8) is 0 Å². The predicted molar refractivity (Wildman–Crippen MR) is 206 cm³/mol. The molecule has 0 spiro atoms. The number of rotatable bonds is 8. The number of imidazole rings is 1. The monoisotopic (exact) mass is 692 g/mol. The molecular weight excluding hydrogens is 649 g/mol. The highest BCUT2D eigenvalue weighted by molar-refractivity contribution is 6.15. The van der Waals surface area contributed by atoms with E-state index < -0.39 is 5.60 Å². The fourth-order valence-corrected chi connectivity index (χ4v) is 6.96. The highest BCUT2D eigenvalue weighted by Crippen LogP contribution is 2.37. The largest absolute Gasteiger partial charge is 0.444 e. The Labute approximate surface area is 304 Å². The lowest BCUT2D eigenvalue weighted by Gasteiger charge is -2.28. The van der Waals surface area contributed by atoms with Gasteiger partial charge in [0, 0.05) is 61.9 Å². The van der Waals surface area contributed by atoms with Gasteiger partial charge in [-0.15, -0.1) is 0 Å². The number of amides is 1. The van der Waals surface area contributed by atoms with E-state index in [2.05, 4.69) is 69.4 Å². The molecule has 0 unspecified atom stereocenters. The molecule has 0 bridgehead atoms. The number of carbonyl (C=O) groups excluding carboxylic acids is 1. The van der Waals surface area contributed by atoms with Crippen molar-refractivity contribution in [3.8, 4) is 11.8 Å². The highest BCUT2D eigenvalue weighted by atomic mass is 16.6. The molecular formula is C43H44N6O3. The lowest BCUT2D eigenvalue weighted by atomic mass is 10.0. The van der Waals surface area contributed by atoms with Gasteiger partial charge < -0.3 is 23.5 Å². The molecule has 9 heteroatoms. The summed E-state index contributed by atoms with van der Waals surface area (Å²) in [6.45, 7) is 9.69. The zero-order valence-corrected chi connectivity index (χ0v) is 30.4. The Morgan fingerprint density at radius 1 is 0.942 bits per heavy atom. The molecule has 1 aliphatic rings. The van der Waals surface area contributed by atoms with Crippen molar-refractivity contribution >= 4 is 39.6 Å². The number of pyridine rings is 1. The molecule has 0 N–H and O–H groups in total. The van der Waals surface area contributed by atoms with Gasteiger partial charge in [-0.25, -0.2) is 19.8 Å². The van der Waals surface area contributed by atoms with Crippen LogP contribution < -0.4 is 0 Å². The second kappa shape index (κ2) is 14.9. The second-order valence-corrected chi connectivity index (χ2v) is 14.1. The number of aliphatic imine (C=N–C) groups is 1. The number of hydrogen-bond acceptors (Lipinski definition) is 6. The summed E-state index contributed by atoms with van der Waals surface area (Å²) in [6.07, 6.45) is 6.92. The minimum Gasteiger partial charge on any atom is -0.444 e. The fourth-order valence-electron chi connectivity index (χ4n) is 6.96. The Hall–Kier alpha value is -5.72. The van der Waals surface area contributed by atoms with E-state index in [1.165, 1.54) is 0 Å². The SMILES string of the molecule is CCn1cnc2cc(C#Cc3cn([C@H]4C[C@H](CCOC)N(C(=O)OC(C)(C)C)C4)c4ccnc(N=C(c5ccccc5)c5ccccc5)c34)ccc21. The Morgan fingerprint density at radius 2 is 1.67 bits per heavy atom. The average molecular weight is 693 g/mol. The third-order valence-corrected chi connectivity index (χ3v) is 9.41. The van der Waals surface area contributed by atoms with Gasteiger partial charge in [-0.05, 0) is 64.8 Å². The van der Waals surface area contributed by atoms with E-state index in [0.29, 0.717) is 25.4 Å². The number of fused-ring (bicyclic) bond motifs is 2. The van der Waals surface area contributed by atoms with E-state index in [-0.39, 0.29) is 18.2 Å². The maximum atomic E-state index is 13.5. The van der Waals surface area contributed by atoms with Gasteiger partial charge >= 0.3 is 6.09 Å². The van der Waals surface area contributed by atoms with Gasteiger partial charge in [-0.3, -0.25) is 0 Å². The normalized spacial score (nSPS) is 15.8. The van der Waals surface area contributed by atoms with Gasteiger partial charge in [0.15, 0.2) is 5.82 Å². The minimum absolute atomic E-state index is 0.0243. The van der Waals surface area contributed by atoms with Crippen LogP contribution in [0.4, 0.5) is 10.6 Å². The number of hydrogen-bond donors (Lipinski definition) is 0. The number of aromatic nitrogens is 4. The first-order valence-electron chi connectivity index (χ1n) is 17.9. The number of benzene rings is 3. The van der Waals surface area contributed by atoms with Gasteiger partial charge in [0.2, 0.25) is 0 Å². The van der Waals surface area contributed by atoms with Crippen molar-refractivity contribution in [2.75, 3.05) is 20.3 Å². The molecule has 1 fully saturated rings. The molecule has 1 aliphatic heterocycles. The molecule has 3 aromatic heterocycles. The average Bonchev–Trinajstić information content (AvgIpc) is 3.87. The van der Waals surface area contributed by atoms with Gasteiger partial charge in [0.25, 0.3) is 0 Å². The van der Waals surface area contributed by atoms with E-state index in [1.807, 2.05) is 92.8 Å². The lowest BCUT2D eigenvalue weighted by molar-refractivity contribution is 0.0198. The quantitative estimate of drug-likeness (QED) is 0.118. The van der Waals surface area contributed by atoms with Crippen molar-refractivity contribution in [1.29, 1.82) is 0 Å². The van der Waals surface area contributed by atoms with E-state index >= 15 is 0 Å². The second-order valence-electron chi connectivity index (χ2n) is 14.1. The van der Waals surface area contributed by atoms with Gasteiger partial charge in [-0.1, -0.05) is 72.5 Å². The molecule has 1 saturated heterocycles. The van der Waals surface area contributed by atoms with Crippen molar-refractivity contribution in [2.24, 2.45) is 4.99 Å². The van der Waals surface area contributed by atoms with E-state index in [9.17, 15) is 4.79 Å². The number of aryl methyl sites for hydroxylation is 1. The van der Waals surface area contributed by atoms with Gasteiger partial charge in [0.1, 0.15) is 5.60 Å². The minimum atomic E-state index is -0.602. The van der Waals surface area contributed by atoms with Crippen LogP contribution in [-0.4, -0.2) is 67.7 Å². The highest BCUT2D eigenvalue weighted by Gasteiger charge is 2.38. The standard InChI is InChI=1S/C43H44N6O3/c1-6-47-29-45-36-25-30(18-20-37(36)47)17-19-33-27-48(35-26-34(22-24-51-5)49(28-35)42(50)52-43(2,3)4)38-21-23-44-41(39(33)38)46-40(31-13-9-7-10-14-31)32-15-11-8-12-16-32/h7-16,18,20-21,23,25,27,29,34-35H,6,22,24,26,28H2,1-5H3/t34-,35-/m0/s1. The Kier molecular flexibility index (Phi) is 9.92. The van der Waals surface area contributed by atoms with Crippen LogP contribution in [0.1, 0.15) is 68.8 Å². The molecule has 3 aromatic carbocycles. The van der Waals surface area contributed by atoms with Crippen LogP contribution in [0.3, 0.4) is 0 Å². The zero-order valence-electron chi connectivity index (χ0n) is 30.4. The first-order valence-corrected chi connectivity index (χ1v) is 17.9. The summed E-state index contributed by atoms with van der Waals surface area (Å²) in [6, 6.07) is 28.5. The number of ether oxygens (including phenoxy) is 2. The molecule has 264 valence electrons. The topological polar surface area (TPSA) is 86.8 Å². The molecule has 9 nitrogen and oxygen atoms in total. The molecule has 6 aromatic rings. The van der Waals surface area contributed by atoms with Crippen LogP contribution in [0.5, 0.6) is 0 Å². The summed E-state index contributed by atoms with van der Waals surface area (Å²) in [4.78, 5) is 30.1. The maximum absolute atomic E-state index is 13.5. The van der Waals surface area contributed by atoms with Crippen molar-refractivity contribution < 1.29 is 14.3 Å². The summed E-state index contributed by atoms with van der Waals surface area (Å²) >= 11 is 0. The number of methoxy groups -OCH3 is 1. The molecule has 0 radical (unpaired) electrons. The summed E-state index contributed by atoms with van der Waals surface area (Å²) in [5.41, 5.74) is 6.83. The van der Waals surface area contributed by atoms with Crippen LogP contribution in [-0.2, 0) is 16.0 Å². The molecule has 0 aliphatic carbocycles. The Morgan fingerprint density at radius 3 is 2.35 bits per heavy atom. The van der Waals surface area contributed by atoms with Crippen LogP contribution in [0.15, 0.2) is 109 Å². The first-order chi connectivity index (χ1) is 25.2. The Balaban J connectivity index is 1.37. The Bertz CT molecular complexity index is 2250. The number of nitrogens with zero attached hydrogens (tertiary/aromatic N) is 6. The number of likely N-dealkylation sites (tertiary alicyclic amines) is 1. The van der Waals surface area contributed by atoms with E-state index in [4.69, 9.17) is 19.5 Å². The fraction of sp³-hybridized carbons (Fsp3) is 0.302.